The maximum Gasteiger partial charge on any atom is 2.00 e. The number of carbonyl (C=O) groups excluding carboxylic acids is 1. The molecule has 5 N–H and O–H groups in total. The summed E-state index contributed by atoms with van der Waals surface area (Å²) >= 11 is 18.4. The maximum atomic E-state index is 10.8. The van der Waals surface area contributed by atoms with Crippen molar-refractivity contribution in [3.8, 4) is 34.5 Å². The summed E-state index contributed by atoms with van der Waals surface area (Å²) < 4.78 is 22.6. The Kier molecular flexibility index (Phi) is 24.7. The molecule has 1 atom stereocenters. The first kappa shape index (κ1) is 61.8. The molecule has 0 radical (unpaired) electrons. The summed E-state index contributed by atoms with van der Waals surface area (Å²) in [7, 11) is -2.23. The molecule has 3 aromatic heterocycles. The largest absolute Gasteiger partial charge is 2.00 e. The molecule has 6 aromatic carbocycles. The van der Waals surface area contributed by atoms with Crippen LogP contribution in [0.4, 0.5) is 0 Å². The Morgan fingerprint density at radius 2 is 0.986 bits per heavy atom. The van der Waals surface area contributed by atoms with Crippen molar-refractivity contribution in [1.82, 2.24) is 15.0 Å². The number of H-pyrrole nitrogens is 3. The predicted octanol–water partition coefficient (Wildman–Crippen LogP) is 13.6. The fraction of sp³-hybridized carbons (Fsp3) is 0.228. The zero-order chi connectivity index (χ0) is 51.8. The van der Waals surface area contributed by atoms with Crippen LogP contribution < -0.4 is 26.6 Å². The van der Waals surface area contributed by atoms with E-state index in [0.29, 0.717) is 38.0 Å². The number of hydrogen-bond donors (Lipinski definition) is 5. The van der Waals surface area contributed by atoms with Crippen LogP contribution in [-0.2, 0) is 11.3 Å². The molecule has 0 spiro atoms. The van der Waals surface area contributed by atoms with Gasteiger partial charge in [0.1, 0.15) is 34.5 Å². The van der Waals surface area contributed by atoms with Crippen LogP contribution in [0.5, 0.6) is 34.5 Å². The number of benzene rings is 6. The number of carbonyl (C=O) groups is 1. The van der Waals surface area contributed by atoms with E-state index < -0.39 is 22.3 Å². The van der Waals surface area contributed by atoms with Crippen molar-refractivity contribution in [3.05, 3.63) is 184 Å². The Labute approximate surface area is 473 Å². The molecule has 4 heterocycles. The minimum absolute atomic E-state index is 0. The summed E-state index contributed by atoms with van der Waals surface area (Å²) in [5.74, 6) is 4.21. The van der Waals surface area contributed by atoms with E-state index in [9.17, 15) is 15.0 Å². The van der Waals surface area contributed by atoms with Crippen molar-refractivity contribution in [1.29, 1.82) is 0 Å². The fourth-order valence-electron chi connectivity index (χ4n) is 7.24. The zero-order valence-corrected chi connectivity index (χ0v) is 49.1. The number of aromatic amines is 3. The number of halogens is 4. The van der Waals surface area contributed by atoms with Gasteiger partial charge in [-0.25, -0.2) is 0 Å². The first-order chi connectivity index (χ1) is 34.3. The third-order valence-electron chi connectivity index (χ3n) is 10.3. The van der Waals surface area contributed by atoms with E-state index in [0.717, 1.165) is 86.9 Å². The second-order valence-corrected chi connectivity index (χ2v) is 31.5. The van der Waals surface area contributed by atoms with Gasteiger partial charge in [-0.2, -0.15) is 0 Å². The topological polar surface area (TPSA) is 142 Å². The van der Waals surface area contributed by atoms with Crippen LogP contribution in [0, 0.1) is 6.55 Å². The Bertz CT molecular complexity index is 3110. The zero-order valence-electron chi connectivity index (χ0n) is 42.6. The standard InChI is InChI=1S/C19H22ClNO2Si.C15H12ClNO2.C15H10ClNO2.C4H8O.C4H11Si.ClH.Mg/c1-24(2,3)12-18(22)17-11-15-16(21-17)9-13(20)10-19(15)23-14-7-5-4-6-8-14;2*16-10-6-14-13(8-11(9-18)17-14)15(7-10)19-12-4-2-1-3-5-12;1-2-4-5-3-1;1-5(2,3)4;;/h4-11,18,21-22H,12H2,1-3H3;1-8,17-18H,9H2;1-9,17H;1-4H2;1H2,2-4H3;1H;/q;;;;-1;;+2/p-1. The molecule has 10 nitrogen and oxygen atoms in total. The molecule has 9 aromatic rings. The minimum Gasteiger partial charge on any atom is -1.00 e. The third-order valence-corrected chi connectivity index (χ3v) is 12.6. The number of aliphatic hydroxyl groups excluding tert-OH is 2. The van der Waals surface area contributed by atoms with Crippen molar-refractivity contribution in [2.75, 3.05) is 13.2 Å². The average Bonchev–Trinajstić information content (AvgIpc) is 4.18. The van der Waals surface area contributed by atoms with Gasteiger partial charge in [0.25, 0.3) is 0 Å². The van der Waals surface area contributed by atoms with Crippen LogP contribution in [0.2, 0.25) is 60.4 Å². The predicted molar refractivity (Wildman–Crippen MR) is 308 cm³/mol. The first-order valence-corrected chi connectivity index (χ1v) is 32.2. The van der Waals surface area contributed by atoms with Gasteiger partial charge in [-0.3, -0.25) is 4.79 Å². The van der Waals surface area contributed by atoms with E-state index in [2.05, 4.69) is 60.8 Å². The Hall–Kier alpha value is -4.75. The van der Waals surface area contributed by atoms with Gasteiger partial charge in [0, 0.05) is 82.1 Å². The molecular weight excluding hydrogens is 1060 g/mol. The number of hydrogen-bond acceptors (Lipinski definition) is 7. The van der Waals surface area contributed by atoms with Gasteiger partial charge in [0.05, 0.1) is 35.0 Å². The summed E-state index contributed by atoms with van der Waals surface area (Å²) in [4.78, 5) is 20.2. The van der Waals surface area contributed by atoms with Crippen LogP contribution in [0.3, 0.4) is 0 Å². The maximum absolute atomic E-state index is 10.8. The fourth-order valence-corrected chi connectivity index (χ4v) is 9.25. The summed E-state index contributed by atoms with van der Waals surface area (Å²) in [5, 5.41) is 24.1. The van der Waals surface area contributed by atoms with Gasteiger partial charge in [-0.1, -0.05) is 129 Å². The van der Waals surface area contributed by atoms with Crippen molar-refractivity contribution < 1.29 is 46.4 Å². The van der Waals surface area contributed by atoms with Crippen molar-refractivity contribution >= 4 is 113 Å². The molecule has 1 unspecified atom stereocenters. The number of aromatic nitrogens is 3. The summed E-state index contributed by atoms with van der Waals surface area (Å²) in [5.41, 5.74) is 4.54. The second kappa shape index (κ2) is 29.5. The Morgan fingerprint density at radius 1 is 0.608 bits per heavy atom. The van der Waals surface area contributed by atoms with Crippen LogP contribution in [0.15, 0.2) is 146 Å². The van der Waals surface area contributed by atoms with Crippen molar-refractivity contribution in [3.63, 3.8) is 0 Å². The number of rotatable bonds is 11. The average molecular weight is 1120 g/mol. The molecule has 0 bridgehead atoms. The second-order valence-electron chi connectivity index (χ2n) is 19.5. The molecular formula is C57H63Cl4MgN3O7Si2. The summed E-state index contributed by atoms with van der Waals surface area (Å²) in [6.07, 6.45) is 2.83. The van der Waals surface area contributed by atoms with Crippen molar-refractivity contribution in [2.45, 2.75) is 70.9 Å². The summed E-state index contributed by atoms with van der Waals surface area (Å²) in [6.45, 7) is 19.3. The van der Waals surface area contributed by atoms with E-state index in [1.54, 1.807) is 30.3 Å². The van der Waals surface area contributed by atoms with Gasteiger partial charge >= 0.3 is 23.1 Å². The van der Waals surface area contributed by atoms with Gasteiger partial charge in [-0.15, -0.1) is 8.07 Å². The molecule has 74 heavy (non-hydrogen) atoms. The number of fused-ring (bicyclic) bond motifs is 3. The number of ether oxygens (including phenoxy) is 4. The molecule has 1 fully saturated rings. The first-order valence-electron chi connectivity index (χ1n) is 23.7. The number of nitrogens with one attached hydrogen (secondary N) is 3. The molecule has 386 valence electrons. The Balaban J connectivity index is 0.000000218. The molecule has 1 saturated heterocycles. The van der Waals surface area contributed by atoms with Gasteiger partial charge in [0.15, 0.2) is 6.29 Å². The van der Waals surface area contributed by atoms with Gasteiger partial charge in [-0.05, 0) is 91.7 Å². The quantitative estimate of drug-likeness (QED) is 0.0493. The number of aliphatic hydroxyl groups is 2. The molecule has 0 saturated carbocycles. The van der Waals surface area contributed by atoms with E-state index in [1.807, 2.05) is 115 Å². The SMILES string of the molecule is C1CCOC1.C[Si](C)(C)CC(O)c1cc2c(Oc3ccccc3)cc(Cl)cc2[nH]1.O=Cc1cc2c(Oc3ccccc3)cc(Cl)cc2[nH]1.OCc1cc2c(Oc3ccccc3)cc(Cl)cc2[nH]1.[CH2-][Si](C)(C)C.[Cl-].[Mg+2]. The van der Waals surface area contributed by atoms with Gasteiger partial charge in [0.2, 0.25) is 0 Å². The minimum atomic E-state index is -1.36. The smallest absolute Gasteiger partial charge is 1.00 e. The Morgan fingerprint density at radius 3 is 1.35 bits per heavy atom. The van der Waals surface area contributed by atoms with Gasteiger partial charge < -0.3 is 63.1 Å². The summed E-state index contributed by atoms with van der Waals surface area (Å²) in [6, 6.07) is 45.7. The van der Waals surface area contributed by atoms with Crippen molar-refractivity contribution in [2.24, 2.45) is 0 Å². The molecule has 1 aliphatic heterocycles. The van der Waals surface area contributed by atoms with Crippen LogP contribution in [0.25, 0.3) is 32.7 Å². The molecule has 10 rings (SSSR count). The van der Waals surface area contributed by atoms with E-state index in [-0.39, 0.29) is 42.1 Å². The van der Waals surface area contributed by atoms with Crippen LogP contribution in [-0.4, -0.2) is 83.9 Å². The molecule has 17 heteroatoms. The number of aldehydes is 1. The van der Waals surface area contributed by atoms with Crippen LogP contribution >= 0.6 is 34.8 Å². The molecule has 0 aliphatic carbocycles. The molecule has 1 aliphatic rings. The van der Waals surface area contributed by atoms with E-state index in [4.69, 9.17) is 53.8 Å². The van der Waals surface area contributed by atoms with Crippen LogP contribution in [0.1, 0.15) is 40.8 Å². The normalized spacial score (nSPS) is 12.2. The third kappa shape index (κ3) is 20.1. The molecule has 0 amide bonds. The van der Waals surface area contributed by atoms with E-state index in [1.165, 1.54) is 12.8 Å². The number of para-hydroxylation sites is 3. The van der Waals surface area contributed by atoms with E-state index >= 15 is 0 Å². The monoisotopic (exact) mass is 1120 g/mol.